The van der Waals surface area contributed by atoms with Crippen LogP contribution in [0.5, 0.6) is 0 Å². The van der Waals surface area contributed by atoms with Crippen molar-refractivity contribution >= 4 is 21.6 Å². The zero-order valence-electron chi connectivity index (χ0n) is 13.3. The number of sulfonamides is 1. The molecule has 21 heavy (non-hydrogen) atoms. The molecule has 1 aromatic rings. The van der Waals surface area contributed by atoms with Crippen LogP contribution >= 0.6 is 11.6 Å². The highest BCUT2D eigenvalue weighted by atomic mass is 35.5. The monoisotopic (exact) mass is 332 g/mol. The van der Waals surface area contributed by atoms with E-state index in [4.69, 9.17) is 11.6 Å². The summed E-state index contributed by atoms with van der Waals surface area (Å²) in [5, 5.41) is 3.72. The molecule has 0 aliphatic rings. The SMILES string of the molecule is CC(C)NCc1ccc(S(=O)(=O)NC(C)C(C)C)cc1Cl. The molecule has 0 aliphatic heterocycles. The standard InChI is InChI=1S/C15H25ClN2O2S/c1-10(2)12(5)18-21(19,20)14-7-6-13(15(16)8-14)9-17-11(3)4/h6-8,10-12,17-18H,9H2,1-5H3. The summed E-state index contributed by atoms with van der Waals surface area (Å²) in [5.41, 5.74) is 0.890. The normalized spacial score (nSPS) is 13.9. The second-order valence-electron chi connectivity index (χ2n) is 5.94. The van der Waals surface area contributed by atoms with Crippen molar-refractivity contribution < 1.29 is 8.42 Å². The van der Waals surface area contributed by atoms with Crippen molar-refractivity contribution in [1.29, 1.82) is 0 Å². The Morgan fingerprint density at radius 2 is 1.76 bits per heavy atom. The van der Waals surface area contributed by atoms with E-state index in [0.29, 0.717) is 17.6 Å². The van der Waals surface area contributed by atoms with Crippen molar-refractivity contribution in [3.8, 4) is 0 Å². The van der Waals surface area contributed by atoms with Crippen molar-refractivity contribution in [2.75, 3.05) is 0 Å². The third kappa shape index (κ3) is 5.58. The highest BCUT2D eigenvalue weighted by Gasteiger charge is 2.20. The number of hydrogen-bond donors (Lipinski definition) is 2. The molecule has 0 saturated heterocycles. The Kier molecular flexibility index (Phi) is 6.66. The lowest BCUT2D eigenvalue weighted by atomic mass is 10.1. The molecule has 1 unspecified atom stereocenters. The lowest BCUT2D eigenvalue weighted by Gasteiger charge is -2.18. The molecule has 120 valence electrons. The predicted molar refractivity (Wildman–Crippen MR) is 88.0 cm³/mol. The van der Waals surface area contributed by atoms with Gasteiger partial charge in [-0.25, -0.2) is 13.1 Å². The van der Waals surface area contributed by atoms with Crippen LogP contribution in [-0.2, 0) is 16.6 Å². The summed E-state index contributed by atoms with van der Waals surface area (Å²) in [6.07, 6.45) is 0. The molecule has 4 nitrogen and oxygen atoms in total. The van der Waals surface area contributed by atoms with Gasteiger partial charge in [-0.15, -0.1) is 0 Å². The van der Waals surface area contributed by atoms with E-state index in [1.165, 1.54) is 6.07 Å². The molecule has 6 heteroatoms. The molecule has 0 aliphatic carbocycles. The first-order chi connectivity index (χ1) is 9.63. The van der Waals surface area contributed by atoms with E-state index in [0.717, 1.165) is 5.56 Å². The van der Waals surface area contributed by atoms with Crippen molar-refractivity contribution in [1.82, 2.24) is 10.0 Å². The van der Waals surface area contributed by atoms with Crippen LogP contribution in [0, 0.1) is 5.92 Å². The zero-order valence-corrected chi connectivity index (χ0v) is 14.8. The Labute approximate surface area is 133 Å². The van der Waals surface area contributed by atoms with Gasteiger partial charge < -0.3 is 5.32 Å². The summed E-state index contributed by atoms with van der Waals surface area (Å²) in [6, 6.07) is 5.08. The molecule has 0 spiro atoms. The molecule has 1 aromatic carbocycles. The molecule has 1 rings (SSSR count). The van der Waals surface area contributed by atoms with E-state index < -0.39 is 10.0 Å². The Morgan fingerprint density at radius 3 is 2.24 bits per heavy atom. The Morgan fingerprint density at radius 1 is 1.14 bits per heavy atom. The minimum atomic E-state index is -3.53. The topological polar surface area (TPSA) is 58.2 Å². The molecular weight excluding hydrogens is 308 g/mol. The Balaban J connectivity index is 2.92. The number of nitrogens with one attached hydrogen (secondary N) is 2. The average molecular weight is 333 g/mol. The summed E-state index contributed by atoms with van der Waals surface area (Å²) < 4.78 is 27.2. The summed E-state index contributed by atoms with van der Waals surface area (Å²) in [6.45, 7) is 10.5. The van der Waals surface area contributed by atoms with Gasteiger partial charge in [0.05, 0.1) is 4.90 Å². The van der Waals surface area contributed by atoms with Crippen molar-refractivity contribution in [2.24, 2.45) is 5.92 Å². The fraction of sp³-hybridized carbons (Fsp3) is 0.600. The number of hydrogen-bond acceptors (Lipinski definition) is 3. The Hall–Kier alpha value is -0.620. The molecule has 0 amide bonds. The minimum absolute atomic E-state index is 0.129. The van der Waals surface area contributed by atoms with Gasteiger partial charge in [-0.2, -0.15) is 0 Å². The summed E-state index contributed by atoms with van der Waals surface area (Å²) in [5.74, 6) is 0.227. The third-order valence-corrected chi connectivity index (χ3v) is 5.29. The van der Waals surface area contributed by atoms with Gasteiger partial charge in [0.2, 0.25) is 10.0 Å². The fourth-order valence-corrected chi connectivity index (χ4v) is 3.33. The highest BCUT2D eigenvalue weighted by molar-refractivity contribution is 7.89. The van der Waals surface area contributed by atoms with Gasteiger partial charge in [0.15, 0.2) is 0 Å². The largest absolute Gasteiger partial charge is 0.310 e. The van der Waals surface area contributed by atoms with Gasteiger partial charge >= 0.3 is 0 Å². The van der Waals surface area contributed by atoms with Crippen LogP contribution in [0.1, 0.15) is 40.2 Å². The average Bonchev–Trinajstić information content (AvgIpc) is 2.36. The lowest BCUT2D eigenvalue weighted by Crippen LogP contribution is -2.36. The maximum absolute atomic E-state index is 12.3. The Bertz CT molecular complexity index is 571. The van der Waals surface area contributed by atoms with E-state index in [9.17, 15) is 8.42 Å². The lowest BCUT2D eigenvalue weighted by molar-refractivity contribution is 0.476. The molecule has 0 radical (unpaired) electrons. The number of halogens is 1. The van der Waals surface area contributed by atoms with E-state index in [-0.39, 0.29) is 16.9 Å². The highest BCUT2D eigenvalue weighted by Crippen LogP contribution is 2.21. The van der Waals surface area contributed by atoms with E-state index >= 15 is 0 Å². The first kappa shape index (κ1) is 18.4. The first-order valence-corrected chi connectivity index (χ1v) is 9.03. The second kappa shape index (κ2) is 7.58. The first-order valence-electron chi connectivity index (χ1n) is 7.17. The van der Waals surface area contributed by atoms with Gasteiger partial charge in [-0.3, -0.25) is 0 Å². The van der Waals surface area contributed by atoms with Crippen LogP contribution in [0.25, 0.3) is 0 Å². The predicted octanol–water partition coefficient (Wildman–Crippen LogP) is 3.16. The molecular formula is C15H25ClN2O2S. The van der Waals surface area contributed by atoms with E-state index in [1.54, 1.807) is 12.1 Å². The molecule has 0 fully saturated rings. The number of benzene rings is 1. The van der Waals surface area contributed by atoms with Crippen molar-refractivity contribution in [2.45, 2.75) is 58.1 Å². The maximum atomic E-state index is 12.3. The van der Waals surface area contributed by atoms with Gasteiger partial charge in [0.1, 0.15) is 0 Å². The van der Waals surface area contributed by atoms with Gasteiger partial charge in [-0.05, 0) is 30.5 Å². The van der Waals surface area contributed by atoms with Gasteiger partial charge in [0.25, 0.3) is 0 Å². The van der Waals surface area contributed by atoms with Crippen molar-refractivity contribution in [3.63, 3.8) is 0 Å². The molecule has 0 aromatic heterocycles. The fourth-order valence-electron chi connectivity index (χ4n) is 1.60. The van der Waals surface area contributed by atoms with E-state index in [2.05, 4.69) is 10.0 Å². The van der Waals surface area contributed by atoms with Crippen molar-refractivity contribution in [3.05, 3.63) is 28.8 Å². The van der Waals surface area contributed by atoms with Gasteiger partial charge in [-0.1, -0.05) is 45.4 Å². The van der Waals surface area contributed by atoms with Crippen LogP contribution in [0.4, 0.5) is 0 Å². The van der Waals surface area contributed by atoms with Crippen LogP contribution in [0.2, 0.25) is 5.02 Å². The second-order valence-corrected chi connectivity index (χ2v) is 8.06. The van der Waals surface area contributed by atoms with Gasteiger partial charge in [0, 0.05) is 23.7 Å². The minimum Gasteiger partial charge on any atom is -0.310 e. The van der Waals surface area contributed by atoms with Crippen LogP contribution < -0.4 is 10.0 Å². The van der Waals surface area contributed by atoms with Crippen LogP contribution in [0.15, 0.2) is 23.1 Å². The quantitative estimate of drug-likeness (QED) is 0.806. The smallest absolute Gasteiger partial charge is 0.240 e. The summed E-state index contributed by atoms with van der Waals surface area (Å²) >= 11 is 6.19. The summed E-state index contributed by atoms with van der Waals surface area (Å²) in [4.78, 5) is 0.202. The molecule has 1 atom stereocenters. The molecule has 0 saturated carbocycles. The van der Waals surface area contributed by atoms with E-state index in [1.807, 2.05) is 34.6 Å². The molecule has 0 bridgehead atoms. The zero-order chi connectivity index (χ0) is 16.2. The third-order valence-electron chi connectivity index (χ3n) is 3.38. The van der Waals surface area contributed by atoms with Crippen LogP contribution in [-0.4, -0.2) is 20.5 Å². The molecule has 0 heterocycles. The maximum Gasteiger partial charge on any atom is 0.240 e. The number of rotatable bonds is 7. The molecule has 2 N–H and O–H groups in total. The van der Waals surface area contributed by atoms with Crippen LogP contribution in [0.3, 0.4) is 0 Å². The summed E-state index contributed by atoms with van der Waals surface area (Å²) in [7, 11) is -3.53.